The number of benzene rings is 1. The predicted molar refractivity (Wildman–Crippen MR) is 65.1 cm³/mol. The number of amides is 1. The van der Waals surface area contributed by atoms with Crippen LogP contribution in [0.25, 0.3) is 11.3 Å². The molecule has 0 saturated carbocycles. The average Bonchev–Trinajstić information content (AvgIpc) is 2.83. The molecule has 0 fully saturated rings. The summed E-state index contributed by atoms with van der Waals surface area (Å²) in [5.41, 5.74) is 2.71. The van der Waals surface area contributed by atoms with Crippen molar-refractivity contribution in [2.45, 2.75) is 0 Å². The van der Waals surface area contributed by atoms with Crippen molar-refractivity contribution in [2.24, 2.45) is 0 Å². The molecule has 0 saturated heterocycles. The highest BCUT2D eigenvalue weighted by Gasteiger charge is 2.06. The molecular formula is C13H12N2O. The number of anilines is 1. The lowest BCUT2D eigenvalue weighted by Crippen LogP contribution is -2.08. The Morgan fingerprint density at radius 3 is 2.75 bits per heavy atom. The van der Waals surface area contributed by atoms with E-state index in [0.717, 1.165) is 16.9 Å². The molecule has 1 amide bonds. The van der Waals surface area contributed by atoms with Crippen molar-refractivity contribution in [1.29, 1.82) is 0 Å². The van der Waals surface area contributed by atoms with Crippen LogP contribution in [0.3, 0.4) is 0 Å². The lowest BCUT2D eigenvalue weighted by atomic mass is 10.1. The van der Waals surface area contributed by atoms with Gasteiger partial charge in [0.15, 0.2) is 0 Å². The quantitative estimate of drug-likeness (QED) is 0.755. The van der Waals surface area contributed by atoms with E-state index in [1.807, 2.05) is 42.6 Å². The van der Waals surface area contributed by atoms with Crippen molar-refractivity contribution in [3.63, 3.8) is 0 Å². The molecule has 2 N–H and O–H groups in total. The highest BCUT2D eigenvalue weighted by molar-refractivity contribution is 6.01. The molecule has 0 bridgehead atoms. The molecule has 16 heavy (non-hydrogen) atoms. The number of nitrogens with one attached hydrogen (secondary N) is 2. The van der Waals surface area contributed by atoms with E-state index in [1.54, 1.807) is 0 Å². The summed E-state index contributed by atoms with van der Waals surface area (Å²) < 4.78 is 0. The van der Waals surface area contributed by atoms with Crippen LogP contribution in [0, 0.1) is 0 Å². The fourth-order valence-corrected chi connectivity index (χ4v) is 1.51. The van der Waals surface area contributed by atoms with Crippen molar-refractivity contribution in [2.75, 3.05) is 5.32 Å². The van der Waals surface area contributed by atoms with Crippen LogP contribution in [0.1, 0.15) is 0 Å². The zero-order valence-electron chi connectivity index (χ0n) is 8.73. The first-order valence-corrected chi connectivity index (χ1v) is 4.97. The van der Waals surface area contributed by atoms with Gasteiger partial charge in [-0.15, -0.1) is 0 Å². The number of aromatic amines is 1. The van der Waals surface area contributed by atoms with Gasteiger partial charge in [0.1, 0.15) is 0 Å². The highest BCUT2D eigenvalue weighted by Crippen LogP contribution is 2.26. The van der Waals surface area contributed by atoms with Crippen LogP contribution in [-0.2, 0) is 4.79 Å². The van der Waals surface area contributed by atoms with Crippen LogP contribution in [-0.4, -0.2) is 10.9 Å². The van der Waals surface area contributed by atoms with E-state index in [4.69, 9.17) is 0 Å². The molecule has 2 aromatic rings. The van der Waals surface area contributed by atoms with Gasteiger partial charge >= 0.3 is 0 Å². The number of rotatable bonds is 3. The summed E-state index contributed by atoms with van der Waals surface area (Å²) in [7, 11) is 0. The second-order valence-electron chi connectivity index (χ2n) is 3.32. The van der Waals surface area contributed by atoms with E-state index in [9.17, 15) is 4.79 Å². The number of hydrogen-bond donors (Lipinski definition) is 2. The summed E-state index contributed by atoms with van der Waals surface area (Å²) in [4.78, 5) is 14.4. The van der Waals surface area contributed by atoms with Crippen molar-refractivity contribution < 1.29 is 4.79 Å². The molecule has 1 heterocycles. The van der Waals surface area contributed by atoms with Crippen LogP contribution in [0.5, 0.6) is 0 Å². The normalized spacial score (nSPS) is 9.75. The largest absolute Gasteiger partial charge is 0.361 e. The van der Waals surface area contributed by atoms with E-state index in [-0.39, 0.29) is 5.91 Å². The Hall–Kier alpha value is -2.29. The molecule has 3 heteroatoms. The Morgan fingerprint density at radius 1 is 1.25 bits per heavy atom. The fourth-order valence-electron chi connectivity index (χ4n) is 1.51. The molecular weight excluding hydrogens is 200 g/mol. The zero-order chi connectivity index (χ0) is 11.4. The molecule has 0 aliphatic heterocycles. The number of H-pyrrole nitrogens is 1. The summed E-state index contributed by atoms with van der Waals surface area (Å²) in [6.45, 7) is 3.43. The zero-order valence-corrected chi connectivity index (χ0v) is 8.73. The lowest BCUT2D eigenvalue weighted by Gasteiger charge is -2.08. The molecule has 0 aliphatic carbocycles. The van der Waals surface area contributed by atoms with Crippen LogP contribution in [0.2, 0.25) is 0 Å². The van der Waals surface area contributed by atoms with E-state index < -0.39 is 0 Å². The maximum atomic E-state index is 11.3. The summed E-state index contributed by atoms with van der Waals surface area (Å²) in [5.74, 6) is -0.209. The Labute approximate surface area is 93.8 Å². The Balaban J connectivity index is 2.38. The van der Waals surface area contributed by atoms with Gasteiger partial charge in [0, 0.05) is 17.5 Å². The second-order valence-corrected chi connectivity index (χ2v) is 3.32. The minimum atomic E-state index is -0.209. The number of carbonyl (C=O) groups excluding carboxylic acids is 1. The lowest BCUT2D eigenvalue weighted by molar-refractivity contribution is -0.111. The number of aromatic nitrogens is 1. The van der Waals surface area contributed by atoms with Gasteiger partial charge in [-0.2, -0.15) is 0 Å². The van der Waals surface area contributed by atoms with Crippen molar-refractivity contribution in [3.8, 4) is 11.3 Å². The first-order valence-electron chi connectivity index (χ1n) is 4.97. The van der Waals surface area contributed by atoms with E-state index in [2.05, 4.69) is 16.9 Å². The predicted octanol–water partition coefficient (Wildman–Crippen LogP) is 2.81. The van der Waals surface area contributed by atoms with Gasteiger partial charge in [0.25, 0.3) is 0 Å². The summed E-state index contributed by atoms with van der Waals surface area (Å²) >= 11 is 0. The van der Waals surface area contributed by atoms with Gasteiger partial charge in [-0.05, 0) is 24.3 Å². The summed E-state index contributed by atoms with van der Waals surface area (Å²) in [6.07, 6.45) is 3.10. The number of carbonyl (C=O) groups is 1. The van der Waals surface area contributed by atoms with Crippen molar-refractivity contribution in [3.05, 3.63) is 55.3 Å². The second kappa shape index (κ2) is 4.49. The van der Waals surface area contributed by atoms with Crippen molar-refractivity contribution in [1.82, 2.24) is 4.98 Å². The minimum Gasteiger partial charge on any atom is -0.361 e. The maximum absolute atomic E-state index is 11.3. The highest BCUT2D eigenvalue weighted by atomic mass is 16.1. The molecule has 0 aliphatic rings. The topological polar surface area (TPSA) is 44.9 Å². The van der Waals surface area contributed by atoms with Crippen molar-refractivity contribution >= 4 is 11.6 Å². The molecule has 0 atom stereocenters. The molecule has 0 unspecified atom stereocenters. The van der Waals surface area contributed by atoms with E-state index in [1.165, 1.54) is 6.08 Å². The maximum Gasteiger partial charge on any atom is 0.247 e. The molecule has 80 valence electrons. The molecule has 3 nitrogen and oxygen atoms in total. The molecule has 1 aromatic heterocycles. The van der Waals surface area contributed by atoms with E-state index in [0.29, 0.717) is 0 Å². The van der Waals surface area contributed by atoms with Gasteiger partial charge < -0.3 is 10.3 Å². The Bertz CT molecular complexity index is 500. The summed E-state index contributed by atoms with van der Waals surface area (Å²) in [6, 6.07) is 11.5. The van der Waals surface area contributed by atoms with Crippen LogP contribution in [0.15, 0.2) is 55.3 Å². The van der Waals surface area contributed by atoms with Crippen LogP contribution >= 0.6 is 0 Å². The summed E-state index contributed by atoms with van der Waals surface area (Å²) in [5, 5.41) is 2.77. The monoisotopic (exact) mass is 212 g/mol. The number of para-hydroxylation sites is 1. The first-order chi connectivity index (χ1) is 7.81. The Morgan fingerprint density at radius 2 is 2.06 bits per heavy atom. The fraction of sp³-hybridized carbons (Fsp3) is 0. The van der Waals surface area contributed by atoms with Crippen LogP contribution < -0.4 is 5.32 Å². The standard InChI is InChI=1S/C13H12N2O/c1-2-13(16)15-12-7-4-3-6-10(12)11-8-5-9-14-11/h2-9,14H,1H2,(H,15,16). The third kappa shape index (κ3) is 2.03. The number of hydrogen-bond acceptors (Lipinski definition) is 1. The Kier molecular flexibility index (Phi) is 2.87. The van der Waals surface area contributed by atoms with Gasteiger partial charge in [0.2, 0.25) is 5.91 Å². The minimum absolute atomic E-state index is 0.209. The average molecular weight is 212 g/mol. The first kappa shape index (κ1) is 10.2. The van der Waals surface area contributed by atoms with Gasteiger partial charge in [-0.3, -0.25) is 4.79 Å². The van der Waals surface area contributed by atoms with E-state index >= 15 is 0 Å². The van der Waals surface area contributed by atoms with Gasteiger partial charge in [-0.25, -0.2) is 0 Å². The van der Waals surface area contributed by atoms with Crippen LogP contribution in [0.4, 0.5) is 5.69 Å². The van der Waals surface area contributed by atoms with Gasteiger partial charge in [-0.1, -0.05) is 24.8 Å². The molecule has 0 spiro atoms. The molecule has 0 radical (unpaired) electrons. The third-order valence-corrected chi connectivity index (χ3v) is 2.26. The van der Waals surface area contributed by atoms with Gasteiger partial charge in [0.05, 0.1) is 5.69 Å². The SMILES string of the molecule is C=CC(=O)Nc1ccccc1-c1ccc[nH]1. The molecule has 2 rings (SSSR count). The molecule has 1 aromatic carbocycles. The smallest absolute Gasteiger partial charge is 0.247 e. The third-order valence-electron chi connectivity index (χ3n) is 2.26.